The van der Waals surface area contributed by atoms with Crippen molar-refractivity contribution in [3.8, 4) is 22.6 Å². The first-order valence-corrected chi connectivity index (χ1v) is 4.89. The van der Waals surface area contributed by atoms with Gasteiger partial charge in [-0.2, -0.15) is 0 Å². The number of phenolic OH excluding ortho intramolecular Hbond substituents is 2. The molecule has 0 aromatic heterocycles. The highest BCUT2D eigenvalue weighted by atomic mass is 19.1. The van der Waals surface area contributed by atoms with Crippen LogP contribution < -0.4 is 0 Å². The van der Waals surface area contributed by atoms with Gasteiger partial charge in [0.1, 0.15) is 18.2 Å². The summed E-state index contributed by atoms with van der Waals surface area (Å²) in [6, 6.07) is 11.6. The standard InChI is InChI=1S/C13H11FO2/c14-8-10-11(15)6-7-12(16)13(10)9-4-2-1-3-5-9/h1-7,15-16H,8H2. The number of hydrogen-bond acceptors (Lipinski definition) is 2. The molecule has 82 valence electrons. The number of halogens is 1. The summed E-state index contributed by atoms with van der Waals surface area (Å²) in [5.74, 6) is -0.171. The summed E-state index contributed by atoms with van der Waals surface area (Å²) in [5.41, 5.74) is 1.15. The molecule has 0 bridgehead atoms. The SMILES string of the molecule is Oc1ccc(O)c(-c2ccccc2)c1CF. The molecule has 0 aliphatic carbocycles. The summed E-state index contributed by atoms with van der Waals surface area (Å²) in [5, 5.41) is 19.2. The van der Waals surface area contributed by atoms with Crippen LogP contribution in [0.25, 0.3) is 11.1 Å². The lowest BCUT2D eigenvalue weighted by molar-refractivity contribution is 0.426. The maximum atomic E-state index is 12.8. The Kier molecular flexibility index (Phi) is 2.77. The van der Waals surface area contributed by atoms with Gasteiger partial charge in [-0.1, -0.05) is 30.3 Å². The van der Waals surface area contributed by atoms with E-state index in [1.165, 1.54) is 12.1 Å². The van der Waals surface area contributed by atoms with Crippen molar-refractivity contribution >= 4 is 0 Å². The smallest absolute Gasteiger partial charge is 0.124 e. The van der Waals surface area contributed by atoms with Gasteiger partial charge in [-0.15, -0.1) is 0 Å². The minimum absolute atomic E-state index is 0.0309. The largest absolute Gasteiger partial charge is 0.508 e. The second kappa shape index (κ2) is 4.23. The summed E-state index contributed by atoms with van der Waals surface area (Å²) in [4.78, 5) is 0. The molecule has 2 rings (SSSR count). The van der Waals surface area contributed by atoms with Gasteiger partial charge in [-0.25, -0.2) is 4.39 Å². The van der Waals surface area contributed by atoms with Crippen LogP contribution in [0.5, 0.6) is 11.5 Å². The molecule has 0 spiro atoms. The maximum Gasteiger partial charge on any atom is 0.124 e. The van der Waals surface area contributed by atoms with Crippen molar-refractivity contribution in [1.82, 2.24) is 0 Å². The Morgan fingerprint density at radius 1 is 0.875 bits per heavy atom. The van der Waals surface area contributed by atoms with E-state index in [4.69, 9.17) is 0 Å². The van der Waals surface area contributed by atoms with Crippen LogP contribution >= 0.6 is 0 Å². The van der Waals surface area contributed by atoms with Crippen molar-refractivity contribution in [3.05, 3.63) is 48.0 Å². The van der Waals surface area contributed by atoms with Crippen molar-refractivity contribution in [1.29, 1.82) is 0 Å². The van der Waals surface area contributed by atoms with Gasteiger partial charge in [0.05, 0.1) is 0 Å². The molecule has 0 unspecified atom stereocenters. The van der Waals surface area contributed by atoms with E-state index in [-0.39, 0.29) is 17.1 Å². The van der Waals surface area contributed by atoms with E-state index in [2.05, 4.69) is 0 Å². The zero-order valence-electron chi connectivity index (χ0n) is 8.52. The lowest BCUT2D eigenvalue weighted by Crippen LogP contribution is -1.88. The highest BCUT2D eigenvalue weighted by Crippen LogP contribution is 2.37. The van der Waals surface area contributed by atoms with Crippen LogP contribution in [0.3, 0.4) is 0 Å². The van der Waals surface area contributed by atoms with Gasteiger partial charge >= 0.3 is 0 Å². The number of aromatic hydroxyl groups is 2. The van der Waals surface area contributed by atoms with Gasteiger partial charge in [-0.3, -0.25) is 0 Å². The first-order valence-electron chi connectivity index (χ1n) is 4.89. The van der Waals surface area contributed by atoms with Crippen LogP contribution in [0.1, 0.15) is 5.56 Å². The minimum atomic E-state index is -0.815. The van der Waals surface area contributed by atoms with Gasteiger partial charge in [0.15, 0.2) is 0 Å². The predicted octanol–water partition coefficient (Wildman–Crippen LogP) is 3.23. The summed E-state index contributed by atoms with van der Waals surface area (Å²) in [6.07, 6.45) is 0. The lowest BCUT2D eigenvalue weighted by atomic mass is 9.98. The molecule has 0 amide bonds. The number of hydrogen-bond donors (Lipinski definition) is 2. The number of benzene rings is 2. The van der Waals surface area contributed by atoms with Crippen LogP contribution in [0.2, 0.25) is 0 Å². The van der Waals surface area contributed by atoms with Crippen molar-refractivity contribution in [2.75, 3.05) is 0 Å². The molecule has 3 heteroatoms. The van der Waals surface area contributed by atoms with Crippen molar-refractivity contribution < 1.29 is 14.6 Å². The van der Waals surface area contributed by atoms with Crippen LogP contribution in [-0.4, -0.2) is 10.2 Å². The van der Waals surface area contributed by atoms with Crippen LogP contribution in [0, 0.1) is 0 Å². The Morgan fingerprint density at radius 2 is 1.50 bits per heavy atom. The zero-order chi connectivity index (χ0) is 11.5. The third-order valence-electron chi connectivity index (χ3n) is 2.46. The van der Waals surface area contributed by atoms with Crippen molar-refractivity contribution in [3.63, 3.8) is 0 Å². The van der Waals surface area contributed by atoms with Crippen molar-refractivity contribution in [2.45, 2.75) is 6.67 Å². The summed E-state index contributed by atoms with van der Waals surface area (Å²) in [6.45, 7) is -0.815. The van der Waals surface area contributed by atoms with Crippen LogP contribution in [-0.2, 0) is 6.67 Å². The molecule has 2 N–H and O–H groups in total. The highest BCUT2D eigenvalue weighted by Gasteiger charge is 2.13. The first kappa shape index (κ1) is 10.5. The average Bonchev–Trinajstić information content (AvgIpc) is 2.33. The third-order valence-corrected chi connectivity index (χ3v) is 2.46. The van der Waals surface area contributed by atoms with E-state index in [0.29, 0.717) is 11.1 Å². The van der Waals surface area contributed by atoms with Crippen molar-refractivity contribution in [2.24, 2.45) is 0 Å². The van der Waals surface area contributed by atoms with E-state index in [1.54, 1.807) is 24.3 Å². The van der Waals surface area contributed by atoms with Gasteiger partial charge < -0.3 is 10.2 Å². The van der Waals surface area contributed by atoms with Gasteiger partial charge in [0.2, 0.25) is 0 Å². The quantitative estimate of drug-likeness (QED) is 0.760. The molecule has 0 radical (unpaired) electrons. The third kappa shape index (κ3) is 1.72. The summed E-state index contributed by atoms with van der Waals surface area (Å²) in [7, 11) is 0. The van der Waals surface area contributed by atoms with Gasteiger partial charge in [-0.05, 0) is 17.7 Å². The topological polar surface area (TPSA) is 40.5 Å². The fourth-order valence-electron chi connectivity index (χ4n) is 1.69. The molecule has 2 aromatic rings. The summed E-state index contributed by atoms with van der Waals surface area (Å²) >= 11 is 0. The molecular weight excluding hydrogens is 207 g/mol. The highest BCUT2D eigenvalue weighted by molar-refractivity contribution is 5.75. The Bertz CT molecular complexity index is 495. The van der Waals surface area contributed by atoms with E-state index in [0.717, 1.165) is 0 Å². The molecule has 0 heterocycles. The minimum Gasteiger partial charge on any atom is -0.508 e. The fraction of sp³-hybridized carbons (Fsp3) is 0.0769. The lowest BCUT2D eigenvalue weighted by Gasteiger charge is -2.10. The second-order valence-electron chi connectivity index (χ2n) is 3.46. The van der Waals surface area contributed by atoms with E-state index in [1.807, 2.05) is 6.07 Å². The second-order valence-corrected chi connectivity index (χ2v) is 3.46. The molecular formula is C13H11FO2. The summed E-state index contributed by atoms with van der Waals surface area (Å²) < 4.78 is 12.8. The maximum absolute atomic E-state index is 12.8. The van der Waals surface area contributed by atoms with E-state index >= 15 is 0 Å². The molecule has 0 aliphatic rings. The number of alkyl halides is 1. The Labute approximate surface area is 92.6 Å². The number of phenols is 2. The average molecular weight is 218 g/mol. The monoisotopic (exact) mass is 218 g/mol. The normalized spacial score (nSPS) is 10.3. The molecule has 0 atom stereocenters. The molecule has 16 heavy (non-hydrogen) atoms. The Balaban J connectivity index is 2.68. The molecule has 2 aromatic carbocycles. The van der Waals surface area contributed by atoms with Gasteiger partial charge in [0, 0.05) is 11.1 Å². The van der Waals surface area contributed by atoms with E-state index < -0.39 is 6.67 Å². The Morgan fingerprint density at radius 3 is 2.12 bits per heavy atom. The Hall–Kier alpha value is -2.03. The zero-order valence-corrected chi connectivity index (χ0v) is 8.52. The first-order chi connectivity index (χ1) is 7.74. The number of rotatable bonds is 2. The van der Waals surface area contributed by atoms with Crippen LogP contribution in [0.4, 0.5) is 4.39 Å². The molecule has 0 fully saturated rings. The van der Waals surface area contributed by atoms with E-state index in [9.17, 15) is 14.6 Å². The molecule has 0 saturated heterocycles. The molecule has 0 aliphatic heterocycles. The fourth-order valence-corrected chi connectivity index (χ4v) is 1.69. The van der Waals surface area contributed by atoms with Crippen LogP contribution in [0.15, 0.2) is 42.5 Å². The van der Waals surface area contributed by atoms with Gasteiger partial charge in [0.25, 0.3) is 0 Å². The molecule has 0 saturated carbocycles. The predicted molar refractivity (Wildman–Crippen MR) is 60.0 cm³/mol. The molecule has 2 nitrogen and oxygen atoms in total.